The topological polar surface area (TPSA) is 0 Å². The summed E-state index contributed by atoms with van der Waals surface area (Å²) in [5.41, 5.74) is 0.419. The molecule has 0 N–H and O–H groups in total. The summed E-state index contributed by atoms with van der Waals surface area (Å²) in [5.74, 6) is 1.45. The van der Waals surface area contributed by atoms with Gasteiger partial charge in [-0.1, -0.05) is 20.8 Å². The molecular formula is C15H22BrClS. The minimum absolute atomic E-state index is 0.359. The highest BCUT2D eigenvalue weighted by Gasteiger charge is 2.35. The summed E-state index contributed by atoms with van der Waals surface area (Å²) in [6.45, 7) is 7.10. The molecule has 18 heavy (non-hydrogen) atoms. The lowest BCUT2D eigenvalue weighted by molar-refractivity contribution is 0.144. The Bertz CT molecular complexity index is 393. The van der Waals surface area contributed by atoms with Crippen molar-refractivity contribution in [2.75, 3.05) is 0 Å². The van der Waals surface area contributed by atoms with Gasteiger partial charge in [-0.25, -0.2) is 0 Å². The van der Waals surface area contributed by atoms with Crippen LogP contribution < -0.4 is 0 Å². The van der Waals surface area contributed by atoms with Crippen LogP contribution in [0, 0.1) is 17.3 Å². The molecule has 0 aliphatic heterocycles. The third-order valence-electron chi connectivity index (χ3n) is 4.25. The van der Waals surface area contributed by atoms with Crippen molar-refractivity contribution in [3.8, 4) is 0 Å². The Balaban J connectivity index is 2.04. The van der Waals surface area contributed by atoms with Crippen molar-refractivity contribution in [3.63, 3.8) is 0 Å². The highest BCUT2D eigenvalue weighted by Crippen LogP contribution is 2.43. The fraction of sp³-hybridized carbons (Fsp3) is 0.733. The quantitative estimate of drug-likeness (QED) is 0.564. The van der Waals surface area contributed by atoms with Crippen LogP contribution in [0.2, 0.25) is 0 Å². The first-order chi connectivity index (χ1) is 8.38. The number of hydrogen-bond donors (Lipinski definition) is 0. The average Bonchev–Trinajstić information content (AvgIpc) is 2.66. The van der Waals surface area contributed by atoms with E-state index >= 15 is 0 Å². The largest absolute Gasteiger partial charge is 0.148 e. The molecular weight excluding hydrogens is 328 g/mol. The predicted molar refractivity (Wildman–Crippen MR) is 85.7 cm³/mol. The van der Waals surface area contributed by atoms with Gasteiger partial charge in [-0.3, -0.25) is 0 Å². The first kappa shape index (κ1) is 14.9. The number of thiophene rings is 1. The summed E-state index contributed by atoms with van der Waals surface area (Å²) in [4.78, 5) is 1.46. The van der Waals surface area contributed by atoms with E-state index in [1.807, 2.05) is 11.3 Å². The molecule has 0 nitrogen and oxygen atoms in total. The van der Waals surface area contributed by atoms with Crippen molar-refractivity contribution in [3.05, 3.63) is 20.8 Å². The van der Waals surface area contributed by atoms with Crippen molar-refractivity contribution in [2.45, 2.75) is 51.8 Å². The van der Waals surface area contributed by atoms with Crippen LogP contribution in [0.4, 0.5) is 0 Å². The first-order valence-electron chi connectivity index (χ1n) is 6.74. The van der Waals surface area contributed by atoms with E-state index in [1.54, 1.807) is 0 Å². The van der Waals surface area contributed by atoms with Gasteiger partial charge in [-0.15, -0.1) is 22.9 Å². The van der Waals surface area contributed by atoms with Gasteiger partial charge in [-0.05, 0) is 70.3 Å². The lowest BCUT2D eigenvalue weighted by Gasteiger charge is -2.40. The molecule has 1 aromatic heterocycles. The van der Waals surface area contributed by atoms with E-state index in [4.69, 9.17) is 11.6 Å². The molecule has 3 unspecified atom stereocenters. The molecule has 1 aromatic rings. The van der Waals surface area contributed by atoms with Crippen LogP contribution in [0.3, 0.4) is 0 Å². The van der Waals surface area contributed by atoms with E-state index in [0.717, 1.165) is 12.3 Å². The van der Waals surface area contributed by atoms with Gasteiger partial charge in [0.1, 0.15) is 0 Å². The Kier molecular flexibility index (Phi) is 4.83. The van der Waals surface area contributed by atoms with Crippen molar-refractivity contribution < 1.29 is 0 Å². The Hall–Kier alpha value is 0.470. The highest BCUT2D eigenvalue weighted by atomic mass is 79.9. The zero-order valence-electron chi connectivity index (χ0n) is 11.4. The molecule has 1 saturated carbocycles. The molecule has 0 bridgehead atoms. The maximum atomic E-state index is 6.56. The summed E-state index contributed by atoms with van der Waals surface area (Å²) in [6, 6.07) is 2.15. The van der Waals surface area contributed by atoms with E-state index in [1.165, 1.54) is 28.6 Å². The molecule has 0 amide bonds. The minimum Gasteiger partial charge on any atom is -0.148 e. The van der Waals surface area contributed by atoms with E-state index in [9.17, 15) is 0 Å². The van der Waals surface area contributed by atoms with Gasteiger partial charge >= 0.3 is 0 Å². The molecule has 0 radical (unpaired) electrons. The molecule has 1 aliphatic carbocycles. The standard InChI is InChI=1S/C15H22BrClS/c1-15(2,3)11-4-5-13(17)10(8-11)9-14-12(16)6-7-18-14/h6-7,10-11,13H,4-5,8-9H2,1-3H3. The lowest BCUT2D eigenvalue weighted by atomic mass is 9.68. The molecule has 1 fully saturated rings. The second kappa shape index (κ2) is 5.85. The Morgan fingerprint density at radius 3 is 2.67 bits per heavy atom. The van der Waals surface area contributed by atoms with Crippen molar-refractivity contribution >= 4 is 38.9 Å². The summed E-state index contributed by atoms with van der Waals surface area (Å²) < 4.78 is 1.26. The van der Waals surface area contributed by atoms with Gasteiger partial charge in [0.05, 0.1) is 0 Å². The number of alkyl halides is 1. The zero-order valence-corrected chi connectivity index (χ0v) is 14.5. The van der Waals surface area contributed by atoms with Crippen molar-refractivity contribution in [1.82, 2.24) is 0 Å². The Morgan fingerprint density at radius 1 is 1.39 bits per heavy atom. The third-order valence-corrected chi connectivity index (χ3v) is 6.78. The van der Waals surface area contributed by atoms with Gasteiger partial charge in [0.15, 0.2) is 0 Å². The van der Waals surface area contributed by atoms with Gasteiger partial charge in [0.25, 0.3) is 0 Å². The Labute approximate surface area is 128 Å². The fourth-order valence-electron chi connectivity index (χ4n) is 2.93. The van der Waals surface area contributed by atoms with E-state index in [0.29, 0.717) is 16.7 Å². The molecule has 3 heteroatoms. The number of hydrogen-bond acceptors (Lipinski definition) is 1. The van der Waals surface area contributed by atoms with Crippen LogP contribution in [0.25, 0.3) is 0 Å². The van der Waals surface area contributed by atoms with Crippen LogP contribution in [0.15, 0.2) is 15.9 Å². The van der Waals surface area contributed by atoms with Gasteiger partial charge in [0, 0.05) is 14.7 Å². The fourth-order valence-corrected chi connectivity index (χ4v) is 4.86. The van der Waals surface area contributed by atoms with Gasteiger partial charge in [0.2, 0.25) is 0 Å². The van der Waals surface area contributed by atoms with E-state index < -0.39 is 0 Å². The predicted octanol–water partition coefficient (Wildman–Crippen LogP) is 6.12. The zero-order chi connectivity index (χ0) is 13.3. The number of halogens is 2. The molecule has 102 valence electrons. The van der Waals surface area contributed by atoms with Crippen LogP contribution in [0.1, 0.15) is 44.9 Å². The average molecular weight is 350 g/mol. The summed E-state index contributed by atoms with van der Waals surface area (Å²) in [5, 5.41) is 2.52. The SMILES string of the molecule is CC(C)(C)C1CCC(Cl)C(Cc2sccc2Br)C1. The lowest BCUT2D eigenvalue weighted by Crippen LogP contribution is -2.33. The molecule has 0 saturated heterocycles. The normalized spacial score (nSPS) is 29.5. The molecule has 0 spiro atoms. The maximum absolute atomic E-state index is 6.56. The maximum Gasteiger partial charge on any atom is 0.0367 e. The van der Waals surface area contributed by atoms with Gasteiger partial charge in [-0.2, -0.15) is 0 Å². The van der Waals surface area contributed by atoms with Crippen LogP contribution >= 0.6 is 38.9 Å². The first-order valence-corrected chi connectivity index (χ1v) is 8.84. The minimum atomic E-state index is 0.359. The Morgan fingerprint density at radius 2 is 2.11 bits per heavy atom. The number of rotatable bonds is 2. The molecule has 2 rings (SSSR count). The summed E-state index contributed by atoms with van der Waals surface area (Å²) in [6.07, 6.45) is 4.89. The molecule has 3 atom stereocenters. The second-order valence-corrected chi connectivity index (χ2v) is 8.96. The summed E-state index contributed by atoms with van der Waals surface area (Å²) >= 11 is 12.0. The van der Waals surface area contributed by atoms with Gasteiger partial charge < -0.3 is 0 Å². The van der Waals surface area contributed by atoms with Crippen molar-refractivity contribution in [2.24, 2.45) is 17.3 Å². The molecule has 1 aliphatic rings. The second-order valence-electron chi connectivity index (χ2n) is 6.55. The van der Waals surface area contributed by atoms with E-state index in [-0.39, 0.29) is 0 Å². The van der Waals surface area contributed by atoms with Crippen molar-refractivity contribution in [1.29, 1.82) is 0 Å². The van der Waals surface area contributed by atoms with Crippen LogP contribution in [-0.4, -0.2) is 5.38 Å². The highest BCUT2D eigenvalue weighted by molar-refractivity contribution is 9.10. The van der Waals surface area contributed by atoms with E-state index in [2.05, 4.69) is 48.1 Å². The molecule has 1 heterocycles. The van der Waals surface area contributed by atoms with Crippen LogP contribution in [-0.2, 0) is 6.42 Å². The monoisotopic (exact) mass is 348 g/mol. The molecule has 0 aromatic carbocycles. The summed E-state index contributed by atoms with van der Waals surface area (Å²) in [7, 11) is 0. The van der Waals surface area contributed by atoms with Crippen LogP contribution in [0.5, 0.6) is 0 Å². The smallest absolute Gasteiger partial charge is 0.0367 e. The third kappa shape index (κ3) is 3.52.